The summed E-state index contributed by atoms with van der Waals surface area (Å²) in [5.74, 6) is 0.776. The summed E-state index contributed by atoms with van der Waals surface area (Å²) in [4.78, 5) is 13.7. The molecular formula is C15H25N3O2. The van der Waals surface area contributed by atoms with Crippen molar-refractivity contribution in [3.8, 4) is 5.75 Å². The van der Waals surface area contributed by atoms with Crippen molar-refractivity contribution in [2.24, 2.45) is 5.73 Å². The molecule has 0 saturated heterocycles. The number of nitrogens with two attached hydrogens (primary N) is 1. The molecule has 0 aliphatic carbocycles. The van der Waals surface area contributed by atoms with Gasteiger partial charge in [-0.05, 0) is 27.1 Å². The van der Waals surface area contributed by atoms with E-state index in [9.17, 15) is 4.79 Å². The molecule has 0 radical (unpaired) electrons. The number of amides is 1. The fourth-order valence-electron chi connectivity index (χ4n) is 1.69. The highest BCUT2D eigenvalue weighted by Crippen LogP contribution is 2.17. The van der Waals surface area contributed by atoms with Crippen LogP contribution in [0.15, 0.2) is 24.3 Å². The van der Waals surface area contributed by atoms with E-state index in [0.717, 1.165) is 17.9 Å². The molecule has 0 bridgehead atoms. The number of rotatable bonds is 8. The lowest BCUT2D eigenvalue weighted by molar-refractivity contribution is -0.121. The van der Waals surface area contributed by atoms with Crippen LogP contribution in [0.3, 0.4) is 0 Å². The Morgan fingerprint density at radius 2 is 2.10 bits per heavy atom. The molecule has 0 saturated carbocycles. The highest BCUT2D eigenvalue weighted by Gasteiger charge is 2.07. The molecule has 1 amide bonds. The Morgan fingerprint density at radius 1 is 1.40 bits per heavy atom. The van der Waals surface area contributed by atoms with Crippen LogP contribution in [-0.4, -0.2) is 44.1 Å². The Balaban J connectivity index is 2.50. The number of para-hydroxylation sites is 1. The van der Waals surface area contributed by atoms with Crippen LogP contribution in [0.2, 0.25) is 0 Å². The Bertz CT molecular complexity index is 419. The lowest BCUT2D eigenvalue weighted by atomic mass is 10.2. The first-order chi connectivity index (χ1) is 9.49. The molecule has 1 rings (SSSR count). The van der Waals surface area contributed by atoms with E-state index in [1.54, 1.807) is 0 Å². The minimum absolute atomic E-state index is 0.0388. The molecule has 3 N–H and O–H groups in total. The highest BCUT2D eigenvalue weighted by molar-refractivity contribution is 5.76. The zero-order chi connectivity index (χ0) is 15.0. The predicted octanol–water partition coefficient (Wildman–Crippen LogP) is 0.981. The lowest BCUT2D eigenvalue weighted by Crippen LogP contribution is -2.29. The molecule has 0 fully saturated rings. The largest absolute Gasteiger partial charge is 0.492 e. The van der Waals surface area contributed by atoms with Crippen molar-refractivity contribution in [1.82, 2.24) is 10.2 Å². The topological polar surface area (TPSA) is 67.6 Å². The molecule has 1 aromatic rings. The molecule has 0 aromatic heterocycles. The van der Waals surface area contributed by atoms with E-state index in [1.807, 2.05) is 45.3 Å². The second-order valence-electron chi connectivity index (χ2n) is 5.22. The predicted molar refractivity (Wildman–Crippen MR) is 80.6 cm³/mol. The molecule has 20 heavy (non-hydrogen) atoms. The van der Waals surface area contributed by atoms with Gasteiger partial charge in [-0.1, -0.05) is 18.2 Å². The maximum atomic E-state index is 11.6. The number of carbonyl (C=O) groups excluding carboxylic acids is 1. The normalized spacial score (nSPS) is 12.2. The molecule has 0 spiro atoms. The number of nitrogens with one attached hydrogen (secondary N) is 1. The van der Waals surface area contributed by atoms with Gasteiger partial charge in [0.2, 0.25) is 5.91 Å². The summed E-state index contributed by atoms with van der Waals surface area (Å²) in [6.07, 6.45) is 0.337. The smallest absolute Gasteiger partial charge is 0.221 e. The Labute approximate surface area is 121 Å². The molecular weight excluding hydrogens is 254 g/mol. The quantitative estimate of drug-likeness (QED) is 0.744. The average Bonchev–Trinajstić information content (AvgIpc) is 2.36. The fraction of sp³-hybridized carbons (Fsp3) is 0.533. The second kappa shape index (κ2) is 8.55. The number of likely N-dealkylation sites (N-methyl/N-ethyl adjacent to an activating group) is 1. The molecule has 0 aliphatic rings. The van der Waals surface area contributed by atoms with Crippen LogP contribution in [0.4, 0.5) is 0 Å². The minimum Gasteiger partial charge on any atom is -0.492 e. The van der Waals surface area contributed by atoms with E-state index in [0.29, 0.717) is 19.6 Å². The van der Waals surface area contributed by atoms with Crippen LogP contribution < -0.4 is 15.8 Å². The minimum atomic E-state index is -0.124. The molecule has 112 valence electrons. The Morgan fingerprint density at radius 3 is 2.75 bits per heavy atom. The van der Waals surface area contributed by atoms with E-state index in [1.165, 1.54) is 0 Å². The van der Waals surface area contributed by atoms with Crippen molar-refractivity contribution in [3.05, 3.63) is 29.8 Å². The summed E-state index contributed by atoms with van der Waals surface area (Å²) in [5.41, 5.74) is 6.57. The number of hydrogen-bond donors (Lipinski definition) is 2. The molecule has 0 heterocycles. The summed E-state index contributed by atoms with van der Waals surface area (Å²) in [6, 6.07) is 7.62. The van der Waals surface area contributed by atoms with Crippen molar-refractivity contribution in [3.63, 3.8) is 0 Å². The van der Waals surface area contributed by atoms with Crippen LogP contribution in [0.25, 0.3) is 0 Å². The van der Waals surface area contributed by atoms with Gasteiger partial charge >= 0.3 is 0 Å². The van der Waals surface area contributed by atoms with E-state index < -0.39 is 0 Å². The molecule has 1 unspecified atom stereocenters. The fourth-order valence-corrected chi connectivity index (χ4v) is 1.69. The summed E-state index contributed by atoms with van der Waals surface area (Å²) >= 11 is 0. The number of benzene rings is 1. The summed E-state index contributed by atoms with van der Waals surface area (Å²) in [6.45, 7) is 3.75. The number of ether oxygens (including phenoxy) is 1. The maximum absolute atomic E-state index is 11.6. The summed E-state index contributed by atoms with van der Waals surface area (Å²) in [5, 5.41) is 2.86. The third-order valence-electron chi connectivity index (χ3n) is 2.75. The van der Waals surface area contributed by atoms with E-state index >= 15 is 0 Å². The Hall–Kier alpha value is -1.59. The first-order valence-corrected chi connectivity index (χ1v) is 6.86. The van der Waals surface area contributed by atoms with Gasteiger partial charge in [-0.3, -0.25) is 4.79 Å². The van der Waals surface area contributed by atoms with Gasteiger partial charge in [0.05, 0.1) is 0 Å². The van der Waals surface area contributed by atoms with Crippen LogP contribution in [-0.2, 0) is 11.3 Å². The van der Waals surface area contributed by atoms with Crippen LogP contribution in [0, 0.1) is 0 Å². The Kier molecular flexibility index (Phi) is 7.04. The van der Waals surface area contributed by atoms with E-state index in [-0.39, 0.29) is 11.9 Å². The number of carbonyl (C=O) groups is 1. The van der Waals surface area contributed by atoms with Crippen LogP contribution >= 0.6 is 0 Å². The second-order valence-corrected chi connectivity index (χ2v) is 5.22. The SMILES string of the molecule is CC(N)CC(=O)NCc1ccccc1OCCN(C)C. The van der Waals surface area contributed by atoms with Gasteiger partial charge in [0.15, 0.2) is 0 Å². The highest BCUT2D eigenvalue weighted by atomic mass is 16.5. The van der Waals surface area contributed by atoms with E-state index in [2.05, 4.69) is 10.2 Å². The average molecular weight is 279 g/mol. The van der Waals surface area contributed by atoms with Crippen LogP contribution in [0.5, 0.6) is 5.75 Å². The van der Waals surface area contributed by atoms with Crippen molar-refractivity contribution < 1.29 is 9.53 Å². The first kappa shape index (κ1) is 16.5. The van der Waals surface area contributed by atoms with Crippen molar-refractivity contribution in [1.29, 1.82) is 0 Å². The van der Waals surface area contributed by atoms with Gasteiger partial charge in [-0.25, -0.2) is 0 Å². The molecule has 1 atom stereocenters. The van der Waals surface area contributed by atoms with Crippen molar-refractivity contribution in [2.75, 3.05) is 27.2 Å². The first-order valence-electron chi connectivity index (χ1n) is 6.86. The standard InChI is InChI=1S/C15H25N3O2/c1-12(16)10-15(19)17-11-13-6-4-5-7-14(13)20-9-8-18(2)3/h4-7,12H,8-11,16H2,1-3H3,(H,17,19). The molecule has 0 aliphatic heterocycles. The maximum Gasteiger partial charge on any atom is 0.221 e. The summed E-state index contributed by atoms with van der Waals surface area (Å²) < 4.78 is 5.74. The van der Waals surface area contributed by atoms with Gasteiger partial charge in [0.25, 0.3) is 0 Å². The van der Waals surface area contributed by atoms with E-state index in [4.69, 9.17) is 10.5 Å². The van der Waals surface area contributed by atoms with Gasteiger partial charge in [0, 0.05) is 31.1 Å². The van der Waals surface area contributed by atoms with Gasteiger partial charge in [-0.15, -0.1) is 0 Å². The molecule has 1 aromatic carbocycles. The zero-order valence-corrected chi connectivity index (χ0v) is 12.6. The van der Waals surface area contributed by atoms with Crippen molar-refractivity contribution >= 4 is 5.91 Å². The van der Waals surface area contributed by atoms with Gasteiger partial charge in [0.1, 0.15) is 12.4 Å². The third kappa shape index (κ3) is 6.54. The summed E-state index contributed by atoms with van der Waals surface area (Å²) in [7, 11) is 4.01. The van der Waals surface area contributed by atoms with Crippen molar-refractivity contribution in [2.45, 2.75) is 25.9 Å². The number of hydrogen-bond acceptors (Lipinski definition) is 4. The monoisotopic (exact) mass is 279 g/mol. The van der Waals surface area contributed by atoms with Crippen LogP contribution in [0.1, 0.15) is 18.9 Å². The number of nitrogens with zero attached hydrogens (tertiary/aromatic N) is 1. The molecule has 5 heteroatoms. The lowest BCUT2D eigenvalue weighted by Gasteiger charge is -2.14. The van der Waals surface area contributed by atoms with Gasteiger partial charge < -0.3 is 20.7 Å². The molecule has 5 nitrogen and oxygen atoms in total. The zero-order valence-electron chi connectivity index (χ0n) is 12.6. The third-order valence-corrected chi connectivity index (χ3v) is 2.75. The van der Waals surface area contributed by atoms with Gasteiger partial charge in [-0.2, -0.15) is 0 Å².